The van der Waals surface area contributed by atoms with Crippen LogP contribution in [-0.2, 0) is 9.59 Å². The first-order valence-corrected chi connectivity index (χ1v) is 11.9. The van der Waals surface area contributed by atoms with E-state index in [1.54, 1.807) is 0 Å². The summed E-state index contributed by atoms with van der Waals surface area (Å²) in [6.45, 7) is 12.5. The molecule has 2 bridgehead atoms. The quantitative estimate of drug-likeness (QED) is 0.288. The zero-order valence-electron chi connectivity index (χ0n) is 20.4. The molecule has 0 spiro atoms. The maximum absolute atomic E-state index is 13.5. The third-order valence-electron chi connectivity index (χ3n) is 7.45. The van der Waals surface area contributed by atoms with Crippen molar-refractivity contribution in [2.24, 2.45) is 29.1 Å². The molecule has 174 valence electrons. The SMILES string of the molecule is CC(C)c1ccccc1OC(=O)C1C(C(=O)Oc2ccccc2C(C)C)C2C=CC1C2(C)C. The van der Waals surface area contributed by atoms with Crippen LogP contribution >= 0.6 is 0 Å². The Hall–Kier alpha value is -2.88. The number of ether oxygens (including phenoxy) is 2. The Morgan fingerprint density at radius 1 is 0.697 bits per heavy atom. The molecule has 1 saturated carbocycles. The minimum Gasteiger partial charge on any atom is -0.426 e. The fourth-order valence-electron chi connectivity index (χ4n) is 5.61. The number of esters is 2. The lowest BCUT2D eigenvalue weighted by Crippen LogP contribution is -2.37. The standard InChI is InChI=1S/C29H34O4/c1-17(2)19-11-7-9-13-23(19)32-27(30)25-21-15-16-22(29(21,5)6)26(25)28(31)33-24-14-10-8-12-20(24)18(3)4/h7-18,21-22,25-26H,1-6H3. The van der Waals surface area contributed by atoms with Crippen LogP contribution in [-0.4, -0.2) is 11.9 Å². The van der Waals surface area contributed by atoms with Crippen LogP contribution in [0.1, 0.15) is 64.5 Å². The smallest absolute Gasteiger partial charge is 0.315 e. The summed E-state index contributed by atoms with van der Waals surface area (Å²) in [7, 11) is 0. The highest BCUT2D eigenvalue weighted by Crippen LogP contribution is 2.60. The van der Waals surface area contributed by atoms with E-state index in [1.807, 2.05) is 48.5 Å². The van der Waals surface area contributed by atoms with Gasteiger partial charge in [-0.25, -0.2) is 0 Å². The van der Waals surface area contributed by atoms with Gasteiger partial charge < -0.3 is 9.47 Å². The maximum atomic E-state index is 13.5. The molecule has 4 rings (SSSR count). The van der Waals surface area contributed by atoms with Gasteiger partial charge in [0.15, 0.2) is 0 Å². The molecule has 0 aromatic heterocycles. The van der Waals surface area contributed by atoms with Crippen LogP contribution < -0.4 is 9.47 Å². The van der Waals surface area contributed by atoms with Crippen molar-refractivity contribution in [3.05, 3.63) is 71.8 Å². The lowest BCUT2D eigenvalue weighted by Gasteiger charge is -2.26. The minimum absolute atomic E-state index is 0.0703. The van der Waals surface area contributed by atoms with Gasteiger partial charge in [0.2, 0.25) is 0 Å². The van der Waals surface area contributed by atoms with E-state index < -0.39 is 11.8 Å². The first kappa shape index (κ1) is 23.3. The van der Waals surface area contributed by atoms with Crippen molar-refractivity contribution in [1.82, 2.24) is 0 Å². The average Bonchev–Trinajstić information content (AvgIpc) is 3.19. The number of carbonyl (C=O) groups is 2. The van der Waals surface area contributed by atoms with Gasteiger partial charge in [-0.05, 0) is 52.3 Å². The number of allylic oxidation sites excluding steroid dienone is 2. The summed E-state index contributed by atoms with van der Waals surface area (Å²) in [5.74, 6) is -0.420. The summed E-state index contributed by atoms with van der Waals surface area (Å²) >= 11 is 0. The third-order valence-corrected chi connectivity index (χ3v) is 7.45. The molecular weight excluding hydrogens is 412 g/mol. The Labute approximate surface area is 197 Å². The van der Waals surface area contributed by atoms with Crippen molar-refractivity contribution < 1.29 is 19.1 Å². The minimum atomic E-state index is -0.575. The Kier molecular flexibility index (Phi) is 6.22. The monoisotopic (exact) mass is 446 g/mol. The van der Waals surface area contributed by atoms with E-state index in [1.165, 1.54) is 0 Å². The van der Waals surface area contributed by atoms with Gasteiger partial charge in [-0.2, -0.15) is 0 Å². The normalized spacial score (nSPS) is 25.0. The molecule has 33 heavy (non-hydrogen) atoms. The van der Waals surface area contributed by atoms with Gasteiger partial charge in [-0.15, -0.1) is 0 Å². The van der Waals surface area contributed by atoms with Crippen LogP contribution in [0.5, 0.6) is 11.5 Å². The fraction of sp³-hybridized carbons (Fsp3) is 0.448. The molecular formula is C29H34O4. The van der Waals surface area contributed by atoms with E-state index in [2.05, 4.69) is 53.7 Å². The van der Waals surface area contributed by atoms with Gasteiger partial charge >= 0.3 is 11.9 Å². The second-order valence-electron chi connectivity index (χ2n) is 10.5. The lowest BCUT2D eigenvalue weighted by molar-refractivity contribution is -0.151. The molecule has 0 aliphatic heterocycles. The predicted octanol–water partition coefficient (Wildman–Crippen LogP) is 6.52. The largest absolute Gasteiger partial charge is 0.426 e. The number of hydrogen-bond donors (Lipinski definition) is 0. The molecule has 0 amide bonds. The molecule has 2 aliphatic rings. The van der Waals surface area contributed by atoms with E-state index in [4.69, 9.17) is 9.47 Å². The van der Waals surface area contributed by atoms with Crippen LogP contribution in [0.2, 0.25) is 0 Å². The molecule has 0 heterocycles. The zero-order valence-corrected chi connectivity index (χ0v) is 20.4. The highest BCUT2D eigenvalue weighted by molar-refractivity contribution is 5.87. The first-order valence-electron chi connectivity index (χ1n) is 11.9. The molecule has 0 radical (unpaired) electrons. The fourth-order valence-corrected chi connectivity index (χ4v) is 5.61. The van der Waals surface area contributed by atoms with Crippen LogP contribution in [0, 0.1) is 29.1 Å². The molecule has 4 heteroatoms. The summed E-state index contributed by atoms with van der Waals surface area (Å²) in [6, 6.07) is 15.2. The van der Waals surface area contributed by atoms with Crippen molar-refractivity contribution in [3.8, 4) is 11.5 Å². The molecule has 4 nitrogen and oxygen atoms in total. The number of para-hydroxylation sites is 2. The molecule has 0 saturated heterocycles. The van der Waals surface area contributed by atoms with Crippen LogP contribution in [0.15, 0.2) is 60.7 Å². The highest BCUT2D eigenvalue weighted by Gasteiger charge is 2.62. The molecule has 2 aromatic carbocycles. The number of rotatable bonds is 6. The summed E-state index contributed by atoms with van der Waals surface area (Å²) < 4.78 is 11.9. The highest BCUT2D eigenvalue weighted by atomic mass is 16.5. The van der Waals surface area contributed by atoms with E-state index in [0.29, 0.717) is 11.5 Å². The predicted molar refractivity (Wildman–Crippen MR) is 129 cm³/mol. The van der Waals surface area contributed by atoms with Gasteiger partial charge in [0.05, 0.1) is 11.8 Å². The Bertz CT molecular complexity index is 995. The molecule has 0 N–H and O–H groups in total. The van der Waals surface area contributed by atoms with Crippen LogP contribution in [0.4, 0.5) is 0 Å². The maximum Gasteiger partial charge on any atom is 0.315 e. The van der Waals surface area contributed by atoms with Crippen molar-refractivity contribution in [2.75, 3.05) is 0 Å². The summed E-state index contributed by atoms with van der Waals surface area (Å²) in [5, 5.41) is 0. The number of carbonyl (C=O) groups excluding carboxylic acids is 2. The van der Waals surface area contributed by atoms with Crippen molar-refractivity contribution in [3.63, 3.8) is 0 Å². The van der Waals surface area contributed by atoms with Crippen molar-refractivity contribution >= 4 is 11.9 Å². The molecule has 1 fully saturated rings. The van der Waals surface area contributed by atoms with Crippen molar-refractivity contribution in [2.45, 2.75) is 53.4 Å². The molecule has 2 aliphatic carbocycles. The second kappa shape index (κ2) is 8.81. The van der Waals surface area contributed by atoms with Gasteiger partial charge in [-0.3, -0.25) is 9.59 Å². The number of benzene rings is 2. The summed E-state index contributed by atoms with van der Waals surface area (Å²) in [6.07, 6.45) is 4.16. The summed E-state index contributed by atoms with van der Waals surface area (Å²) in [5.41, 5.74) is 1.74. The van der Waals surface area contributed by atoms with Crippen LogP contribution in [0.25, 0.3) is 0 Å². The molecule has 4 atom stereocenters. The Morgan fingerprint density at radius 2 is 1.06 bits per heavy atom. The second-order valence-corrected chi connectivity index (χ2v) is 10.5. The number of fused-ring (bicyclic) bond motifs is 2. The van der Waals surface area contributed by atoms with Gasteiger partial charge in [-0.1, -0.05) is 90.1 Å². The van der Waals surface area contributed by atoms with E-state index in [-0.39, 0.29) is 41.0 Å². The third kappa shape index (κ3) is 4.12. The van der Waals surface area contributed by atoms with E-state index in [9.17, 15) is 9.59 Å². The van der Waals surface area contributed by atoms with Gasteiger partial charge in [0.25, 0.3) is 0 Å². The Morgan fingerprint density at radius 3 is 1.42 bits per heavy atom. The Balaban J connectivity index is 1.64. The van der Waals surface area contributed by atoms with E-state index in [0.717, 1.165) is 11.1 Å². The zero-order chi connectivity index (χ0) is 23.9. The van der Waals surface area contributed by atoms with Gasteiger partial charge in [0.1, 0.15) is 11.5 Å². The van der Waals surface area contributed by atoms with Crippen LogP contribution in [0.3, 0.4) is 0 Å². The summed E-state index contributed by atoms with van der Waals surface area (Å²) in [4.78, 5) is 27.1. The molecule has 2 aromatic rings. The molecule has 4 unspecified atom stereocenters. The average molecular weight is 447 g/mol. The lowest BCUT2D eigenvalue weighted by atomic mass is 9.79. The van der Waals surface area contributed by atoms with Crippen molar-refractivity contribution in [1.29, 1.82) is 0 Å². The van der Waals surface area contributed by atoms with Gasteiger partial charge in [0, 0.05) is 0 Å². The number of hydrogen-bond acceptors (Lipinski definition) is 4. The van der Waals surface area contributed by atoms with E-state index >= 15 is 0 Å². The topological polar surface area (TPSA) is 52.6 Å². The first-order chi connectivity index (χ1) is 15.6.